The van der Waals surface area contributed by atoms with Gasteiger partial charge >= 0.3 is 0 Å². The van der Waals surface area contributed by atoms with E-state index in [0.29, 0.717) is 19.0 Å². The lowest BCUT2D eigenvalue weighted by molar-refractivity contribution is 0.101. The van der Waals surface area contributed by atoms with Crippen LogP contribution in [0.25, 0.3) is 0 Å². The van der Waals surface area contributed by atoms with E-state index >= 15 is 0 Å². The van der Waals surface area contributed by atoms with Crippen LogP contribution in [-0.2, 0) is 0 Å². The Balaban J connectivity index is 2.52. The number of hydrogen-bond donors (Lipinski definition) is 1. The van der Waals surface area contributed by atoms with Gasteiger partial charge in [0.05, 0.1) is 0 Å². The van der Waals surface area contributed by atoms with E-state index in [0.717, 1.165) is 13.0 Å². The molecule has 12 heavy (non-hydrogen) atoms. The highest BCUT2D eigenvalue weighted by Gasteiger charge is 2.35. The monoisotopic (exact) mass is 167 g/mol. The molecule has 1 rings (SSSR count). The van der Waals surface area contributed by atoms with Crippen molar-refractivity contribution in [3.05, 3.63) is 0 Å². The molecule has 2 heteroatoms. The molecule has 0 aliphatic carbocycles. The maximum absolute atomic E-state index is 9.74. The van der Waals surface area contributed by atoms with Gasteiger partial charge in [0.1, 0.15) is 5.60 Å². The summed E-state index contributed by atoms with van der Waals surface area (Å²) in [6, 6.07) is 0.535. The van der Waals surface area contributed by atoms with Crippen LogP contribution in [0.1, 0.15) is 26.7 Å². The summed E-state index contributed by atoms with van der Waals surface area (Å²) in [7, 11) is 0. The Morgan fingerprint density at radius 2 is 2.42 bits per heavy atom. The Labute approximate surface area is 74.6 Å². The molecule has 0 bridgehead atoms. The highest BCUT2D eigenvalue weighted by molar-refractivity contribution is 5.12. The first-order valence-electron chi connectivity index (χ1n) is 4.55. The maximum Gasteiger partial charge on any atom is 0.139 e. The van der Waals surface area contributed by atoms with Gasteiger partial charge in [-0.15, -0.1) is 6.42 Å². The van der Waals surface area contributed by atoms with Crippen molar-refractivity contribution in [3.63, 3.8) is 0 Å². The summed E-state index contributed by atoms with van der Waals surface area (Å²) >= 11 is 0. The molecule has 0 radical (unpaired) electrons. The van der Waals surface area contributed by atoms with Crippen molar-refractivity contribution in [2.45, 2.75) is 38.3 Å². The van der Waals surface area contributed by atoms with E-state index in [1.165, 1.54) is 0 Å². The van der Waals surface area contributed by atoms with Crippen molar-refractivity contribution in [1.29, 1.82) is 0 Å². The molecule has 1 N–H and O–H groups in total. The fraction of sp³-hybridized carbons (Fsp3) is 0.800. The van der Waals surface area contributed by atoms with Crippen LogP contribution in [0, 0.1) is 12.3 Å². The number of β-amino-alcohol motifs (C(OH)–C–C–N with tert-alkyl or cyclic N) is 1. The van der Waals surface area contributed by atoms with Gasteiger partial charge < -0.3 is 5.11 Å². The molecule has 1 saturated heterocycles. The second kappa shape index (κ2) is 3.47. The molecule has 0 spiro atoms. The Bertz CT molecular complexity index is 197. The molecular weight excluding hydrogens is 150 g/mol. The van der Waals surface area contributed by atoms with E-state index in [2.05, 4.69) is 24.7 Å². The summed E-state index contributed by atoms with van der Waals surface area (Å²) in [5.74, 6) is 2.46. The third-order valence-electron chi connectivity index (χ3n) is 2.76. The van der Waals surface area contributed by atoms with Crippen LogP contribution in [0.4, 0.5) is 0 Å². The van der Waals surface area contributed by atoms with Gasteiger partial charge in [0.25, 0.3) is 0 Å². The Morgan fingerprint density at radius 1 is 1.75 bits per heavy atom. The van der Waals surface area contributed by atoms with Gasteiger partial charge in [-0.05, 0) is 13.3 Å². The van der Waals surface area contributed by atoms with E-state index in [1.807, 2.05) is 0 Å². The molecule has 2 nitrogen and oxygen atoms in total. The van der Waals surface area contributed by atoms with E-state index in [9.17, 15) is 5.11 Å². The summed E-state index contributed by atoms with van der Waals surface area (Å²) in [4.78, 5) is 2.25. The maximum atomic E-state index is 9.74. The van der Waals surface area contributed by atoms with E-state index in [-0.39, 0.29) is 0 Å². The van der Waals surface area contributed by atoms with E-state index < -0.39 is 5.60 Å². The number of rotatable bonds is 2. The lowest BCUT2D eigenvalue weighted by Crippen LogP contribution is -2.35. The normalized spacial score (nSPS) is 33.2. The smallest absolute Gasteiger partial charge is 0.139 e. The molecule has 2 atom stereocenters. The van der Waals surface area contributed by atoms with Gasteiger partial charge in [-0.1, -0.05) is 12.8 Å². The Hall–Kier alpha value is -0.520. The van der Waals surface area contributed by atoms with Gasteiger partial charge in [0.2, 0.25) is 0 Å². The lowest BCUT2D eigenvalue weighted by Gasteiger charge is -2.23. The standard InChI is InChI=1S/C10H17NO/c1-4-9(3)11-7-6-10(12,5-2)8-11/h2,9,12H,4,6-8H2,1,3H3. The van der Waals surface area contributed by atoms with Crippen LogP contribution < -0.4 is 0 Å². The second-order valence-corrected chi connectivity index (χ2v) is 3.65. The molecule has 0 aromatic heterocycles. The molecule has 1 heterocycles. The predicted molar refractivity (Wildman–Crippen MR) is 49.7 cm³/mol. The summed E-state index contributed by atoms with van der Waals surface area (Å²) in [5, 5.41) is 9.74. The fourth-order valence-corrected chi connectivity index (χ4v) is 1.57. The molecule has 0 amide bonds. The van der Waals surface area contributed by atoms with Crippen molar-refractivity contribution >= 4 is 0 Å². The first kappa shape index (κ1) is 9.57. The molecule has 0 saturated carbocycles. The SMILES string of the molecule is C#CC1(O)CCN(C(C)CC)C1. The lowest BCUT2D eigenvalue weighted by atomic mass is 10.1. The first-order valence-corrected chi connectivity index (χ1v) is 4.55. The van der Waals surface area contributed by atoms with Crippen molar-refractivity contribution < 1.29 is 5.11 Å². The summed E-state index contributed by atoms with van der Waals surface area (Å²) in [5.41, 5.74) is -0.858. The van der Waals surface area contributed by atoms with Crippen molar-refractivity contribution in [2.75, 3.05) is 13.1 Å². The zero-order chi connectivity index (χ0) is 9.19. The minimum atomic E-state index is -0.858. The van der Waals surface area contributed by atoms with Crippen molar-refractivity contribution in [3.8, 4) is 12.3 Å². The molecule has 0 aromatic carbocycles. The first-order chi connectivity index (χ1) is 5.61. The van der Waals surface area contributed by atoms with Crippen LogP contribution in [0.3, 0.4) is 0 Å². The van der Waals surface area contributed by atoms with Crippen LogP contribution in [0.2, 0.25) is 0 Å². The summed E-state index contributed by atoms with van der Waals surface area (Å²) in [6.45, 7) is 5.88. The van der Waals surface area contributed by atoms with Crippen LogP contribution in [0.15, 0.2) is 0 Å². The van der Waals surface area contributed by atoms with Gasteiger partial charge in [-0.25, -0.2) is 0 Å². The molecule has 1 aliphatic heterocycles. The van der Waals surface area contributed by atoms with Gasteiger partial charge in [-0.2, -0.15) is 0 Å². The third-order valence-corrected chi connectivity index (χ3v) is 2.76. The van der Waals surface area contributed by atoms with Gasteiger partial charge in [0.15, 0.2) is 0 Å². The fourth-order valence-electron chi connectivity index (χ4n) is 1.57. The van der Waals surface area contributed by atoms with Crippen LogP contribution >= 0.6 is 0 Å². The van der Waals surface area contributed by atoms with Crippen LogP contribution in [0.5, 0.6) is 0 Å². The quantitative estimate of drug-likeness (QED) is 0.616. The molecule has 1 aliphatic rings. The number of aliphatic hydroxyl groups is 1. The Morgan fingerprint density at radius 3 is 2.83 bits per heavy atom. The number of terminal acetylenes is 1. The number of hydrogen-bond acceptors (Lipinski definition) is 2. The molecule has 2 unspecified atom stereocenters. The number of likely N-dealkylation sites (tertiary alicyclic amines) is 1. The minimum Gasteiger partial charge on any atom is -0.376 e. The number of nitrogens with zero attached hydrogens (tertiary/aromatic N) is 1. The molecule has 0 aromatic rings. The van der Waals surface area contributed by atoms with Crippen LogP contribution in [-0.4, -0.2) is 34.7 Å². The van der Waals surface area contributed by atoms with Gasteiger partial charge in [-0.3, -0.25) is 4.90 Å². The van der Waals surface area contributed by atoms with Crippen molar-refractivity contribution in [1.82, 2.24) is 4.90 Å². The highest BCUT2D eigenvalue weighted by Crippen LogP contribution is 2.22. The molecular formula is C10H17NO. The average molecular weight is 167 g/mol. The largest absolute Gasteiger partial charge is 0.376 e. The van der Waals surface area contributed by atoms with Gasteiger partial charge in [0, 0.05) is 25.6 Å². The molecule has 1 fully saturated rings. The predicted octanol–water partition coefficient (Wildman–Crippen LogP) is 0.855. The summed E-state index contributed by atoms with van der Waals surface area (Å²) < 4.78 is 0. The molecule has 68 valence electrons. The zero-order valence-electron chi connectivity index (χ0n) is 7.88. The highest BCUT2D eigenvalue weighted by atomic mass is 16.3. The van der Waals surface area contributed by atoms with E-state index in [4.69, 9.17) is 6.42 Å². The van der Waals surface area contributed by atoms with Crippen molar-refractivity contribution in [2.24, 2.45) is 0 Å². The second-order valence-electron chi connectivity index (χ2n) is 3.65. The topological polar surface area (TPSA) is 23.5 Å². The third kappa shape index (κ3) is 1.80. The minimum absolute atomic E-state index is 0.535. The van der Waals surface area contributed by atoms with E-state index in [1.54, 1.807) is 0 Å². The zero-order valence-corrected chi connectivity index (χ0v) is 7.88. The summed E-state index contributed by atoms with van der Waals surface area (Å²) in [6.07, 6.45) is 7.07. The Kier molecular flexibility index (Phi) is 2.76. The average Bonchev–Trinajstić information content (AvgIpc) is 2.48.